The summed E-state index contributed by atoms with van der Waals surface area (Å²) in [6, 6.07) is 8.98. The quantitative estimate of drug-likeness (QED) is 0.728. The molecule has 0 aliphatic rings. The second-order valence-electron chi connectivity index (χ2n) is 5.74. The van der Waals surface area contributed by atoms with E-state index in [4.69, 9.17) is 27.9 Å². The van der Waals surface area contributed by atoms with Crippen LogP contribution in [0.2, 0.25) is 10.0 Å². The average molecular weight is 435 g/mol. The van der Waals surface area contributed by atoms with Crippen molar-refractivity contribution < 1.29 is 27.5 Å². The minimum Gasteiger partial charge on any atom is -0.484 e. The Kier molecular flexibility index (Phi) is 7.15. The summed E-state index contributed by atoms with van der Waals surface area (Å²) in [7, 11) is 1.33. The molecule has 0 unspecified atom stereocenters. The van der Waals surface area contributed by atoms with E-state index < -0.39 is 36.7 Å². The molecule has 150 valence electrons. The van der Waals surface area contributed by atoms with Gasteiger partial charge in [0.05, 0.1) is 17.8 Å². The summed E-state index contributed by atoms with van der Waals surface area (Å²) in [4.78, 5) is 25.1. The number of alkyl halides is 3. The maximum atomic E-state index is 13.0. The van der Waals surface area contributed by atoms with Crippen LogP contribution in [0.1, 0.15) is 5.56 Å². The number of amides is 2. The van der Waals surface area contributed by atoms with Gasteiger partial charge in [-0.05, 0) is 30.3 Å². The number of carbonyl (C=O) groups is 2. The van der Waals surface area contributed by atoms with Gasteiger partial charge in [0.2, 0.25) is 5.91 Å². The molecule has 0 aliphatic heterocycles. The summed E-state index contributed by atoms with van der Waals surface area (Å²) >= 11 is 11.7. The Bertz CT molecular complexity index is 855. The molecule has 0 heterocycles. The highest BCUT2D eigenvalue weighted by Crippen LogP contribution is 2.34. The van der Waals surface area contributed by atoms with Crippen molar-refractivity contribution in [3.63, 3.8) is 0 Å². The van der Waals surface area contributed by atoms with Crippen LogP contribution >= 0.6 is 23.2 Å². The van der Waals surface area contributed by atoms with Gasteiger partial charge in [0.15, 0.2) is 6.61 Å². The number of anilines is 1. The molecule has 0 atom stereocenters. The number of ether oxygens (including phenoxy) is 1. The van der Waals surface area contributed by atoms with Gasteiger partial charge in [-0.2, -0.15) is 13.2 Å². The van der Waals surface area contributed by atoms with E-state index in [2.05, 4.69) is 5.32 Å². The molecule has 0 saturated carbocycles. The number of likely N-dealkylation sites (N-methyl/N-ethyl adjacent to an activating group) is 1. The van der Waals surface area contributed by atoms with Crippen LogP contribution in [0.15, 0.2) is 42.5 Å². The first-order valence-electron chi connectivity index (χ1n) is 7.85. The van der Waals surface area contributed by atoms with E-state index in [-0.39, 0.29) is 11.4 Å². The van der Waals surface area contributed by atoms with Crippen molar-refractivity contribution in [3.05, 3.63) is 58.1 Å². The van der Waals surface area contributed by atoms with E-state index in [1.165, 1.54) is 37.4 Å². The second kappa shape index (κ2) is 9.16. The molecule has 2 amide bonds. The number of hydrogen-bond donors (Lipinski definition) is 1. The zero-order valence-corrected chi connectivity index (χ0v) is 16.0. The third kappa shape index (κ3) is 6.31. The van der Waals surface area contributed by atoms with E-state index >= 15 is 0 Å². The molecule has 0 aromatic heterocycles. The largest absolute Gasteiger partial charge is 0.484 e. The zero-order valence-electron chi connectivity index (χ0n) is 14.5. The Morgan fingerprint density at radius 3 is 2.32 bits per heavy atom. The number of carbonyl (C=O) groups excluding carboxylic acids is 2. The van der Waals surface area contributed by atoms with Crippen LogP contribution in [-0.4, -0.2) is 36.9 Å². The van der Waals surface area contributed by atoms with Gasteiger partial charge in [-0.1, -0.05) is 35.3 Å². The lowest BCUT2D eigenvalue weighted by Gasteiger charge is -2.18. The summed E-state index contributed by atoms with van der Waals surface area (Å²) in [6.07, 6.45) is -4.61. The highest BCUT2D eigenvalue weighted by Gasteiger charge is 2.33. The van der Waals surface area contributed by atoms with Crippen molar-refractivity contribution in [2.24, 2.45) is 0 Å². The summed E-state index contributed by atoms with van der Waals surface area (Å²) < 4.78 is 44.1. The maximum absolute atomic E-state index is 13.0. The first kappa shape index (κ1) is 21.8. The van der Waals surface area contributed by atoms with E-state index in [0.29, 0.717) is 10.0 Å². The number of hydrogen-bond acceptors (Lipinski definition) is 3. The molecule has 0 spiro atoms. The normalized spacial score (nSPS) is 11.1. The van der Waals surface area contributed by atoms with Gasteiger partial charge in [-0.3, -0.25) is 9.59 Å². The number of nitrogens with zero attached hydrogens (tertiary/aromatic N) is 1. The van der Waals surface area contributed by atoms with Gasteiger partial charge in [0, 0.05) is 17.1 Å². The van der Waals surface area contributed by atoms with Crippen molar-refractivity contribution in [3.8, 4) is 5.75 Å². The van der Waals surface area contributed by atoms with E-state index in [1.54, 1.807) is 0 Å². The minimum absolute atomic E-state index is 0.266. The monoisotopic (exact) mass is 434 g/mol. The molecule has 2 aromatic carbocycles. The smallest absolute Gasteiger partial charge is 0.418 e. The number of para-hydroxylation sites is 1. The Labute approximate surface area is 169 Å². The Morgan fingerprint density at radius 1 is 1.11 bits per heavy atom. The van der Waals surface area contributed by atoms with Crippen LogP contribution in [0.5, 0.6) is 5.75 Å². The Hall–Kier alpha value is -2.45. The predicted octanol–water partition coefficient (Wildman–Crippen LogP) is 4.49. The Morgan fingerprint density at radius 2 is 1.71 bits per heavy atom. The molecule has 0 radical (unpaired) electrons. The lowest BCUT2D eigenvalue weighted by molar-refractivity contribution is -0.137. The van der Waals surface area contributed by atoms with Gasteiger partial charge < -0.3 is 15.0 Å². The van der Waals surface area contributed by atoms with Crippen molar-refractivity contribution in [1.29, 1.82) is 0 Å². The summed E-state index contributed by atoms with van der Waals surface area (Å²) in [6.45, 7) is -0.857. The molecular weight excluding hydrogens is 420 g/mol. The number of halogens is 5. The standard InChI is InChI=1S/C18H15Cl2F3N2O3/c1-25(17(27)10-28-13-7-11(19)6-12(20)8-13)9-16(26)24-15-5-3-2-4-14(15)18(21,22)23/h2-8H,9-10H2,1H3,(H,24,26). The van der Waals surface area contributed by atoms with Crippen molar-refractivity contribution in [1.82, 2.24) is 4.90 Å². The third-order valence-electron chi connectivity index (χ3n) is 3.51. The van der Waals surface area contributed by atoms with E-state index in [9.17, 15) is 22.8 Å². The van der Waals surface area contributed by atoms with Crippen LogP contribution in [0.4, 0.5) is 18.9 Å². The minimum atomic E-state index is -4.61. The topological polar surface area (TPSA) is 58.6 Å². The maximum Gasteiger partial charge on any atom is 0.418 e. The van der Waals surface area contributed by atoms with Gasteiger partial charge in [0.25, 0.3) is 5.91 Å². The summed E-state index contributed by atoms with van der Waals surface area (Å²) in [5.74, 6) is -1.07. The fraction of sp³-hybridized carbons (Fsp3) is 0.222. The van der Waals surface area contributed by atoms with Crippen LogP contribution < -0.4 is 10.1 Å². The average Bonchev–Trinajstić information content (AvgIpc) is 2.58. The lowest BCUT2D eigenvalue weighted by atomic mass is 10.1. The molecule has 28 heavy (non-hydrogen) atoms. The molecule has 0 saturated heterocycles. The first-order valence-corrected chi connectivity index (χ1v) is 8.61. The van der Waals surface area contributed by atoms with Crippen LogP contribution in [0.25, 0.3) is 0 Å². The second-order valence-corrected chi connectivity index (χ2v) is 6.61. The van der Waals surface area contributed by atoms with Crippen molar-refractivity contribution >= 4 is 40.7 Å². The van der Waals surface area contributed by atoms with Crippen molar-refractivity contribution in [2.75, 3.05) is 25.5 Å². The fourth-order valence-electron chi connectivity index (χ4n) is 2.20. The highest BCUT2D eigenvalue weighted by molar-refractivity contribution is 6.34. The number of benzene rings is 2. The summed E-state index contributed by atoms with van der Waals surface area (Å²) in [5, 5.41) is 2.81. The predicted molar refractivity (Wildman–Crippen MR) is 99.7 cm³/mol. The molecular formula is C18H15Cl2F3N2O3. The molecule has 0 bridgehead atoms. The van der Waals surface area contributed by atoms with E-state index in [1.807, 2.05) is 0 Å². The third-order valence-corrected chi connectivity index (χ3v) is 3.95. The molecule has 10 heteroatoms. The molecule has 0 fully saturated rings. The van der Waals surface area contributed by atoms with Crippen molar-refractivity contribution in [2.45, 2.75) is 6.18 Å². The van der Waals surface area contributed by atoms with Crippen LogP contribution in [0, 0.1) is 0 Å². The highest BCUT2D eigenvalue weighted by atomic mass is 35.5. The molecule has 1 N–H and O–H groups in total. The Balaban J connectivity index is 1.92. The van der Waals surface area contributed by atoms with Crippen LogP contribution in [-0.2, 0) is 15.8 Å². The SMILES string of the molecule is CN(CC(=O)Nc1ccccc1C(F)(F)F)C(=O)COc1cc(Cl)cc(Cl)c1. The van der Waals surface area contributed by atoms with Crippen LogP contribution in [0.3, 0.4) is 0 Å². The molecule has 2 rings (SSSR count). The van der Waals surface area contributed by atoms with Gasteiger partial charge in [0.1, 0.15) is 5.75 Å². The van der Waals surface area contributed by atoms with E-state index in [0.717, 1.165) is 17.0 Å². The number of nitrogens with one attached hydrogen (secondary N) is 1. The first-order chi connectivity index (χ1) is 13.1. The molecule has 5 nitrogen and oxygen atoms in total. The van der Waals surface area contributed by atoms with Gasteiger partial charge in [-0.15, -0.1) is 0 Å². The zero-order chi connectivity index (χ0) is 20.9. The molecule has 0 aliphatic carbocycles. The summed E-state index contributed by atoms with van der Waals surface area (Å²) in [5.41, 5.74) is -1.36. The number of rotatable bonds is 6. The van der Waals surface area contributed by atoms with Gasteiger partial charge in [-0.25, -0.2) is 0 Å². The fourth-order valence-corrected chi connectivity index (χ4v) is 2.71. The molecule has 2 aromatic rings. The van der Waals surface area contributed by atoms with Gasteiger partial charge >= 0.3 is 6.18 Å². The lowest BCUT2D eigenvalue weighted by Crippen LogP contribution is -2.37.